The van der Waals surface area contributed by atoms with Crippen LogP contribution in [0, 0.1) is 10.1 Å². The largest absolute Gasteiger partial charge is 0.379 e. The van der Waals surface area contributed by atoms with Gasteiger partial charge in [0.25, 0.3) is 5.69 Å². The van der Waals surface area contributed by atoms with Crippen LogP contribution in [0.15, 0.2) is 30.3 Å². The molecule has 0 aliphatic heterocycles. The van der Waals surface area contributed by atoms with E-state index in [1.54, 1.807) is 18.2 Å². The van der Waals surface area contributed by atoms with Gasteiger partial charge in [-0.15, -0.1) is 0 Å². The Morgan fingerprint density at radius 2 is 2.14 bits per heavy atom. The quantitative estimate of drug-likeness (QED) is 0.345. The van der Waals surface area contributed by atoms with Crippen LogP contribution >= 0.6 is 0 Å². The summed E-state index contributed by atoms with van der Waals surface area (Å²) in [5.74, 6) is -0.280. The van der Waals surface area contributed by atoms with Crippen LogP contribution in [0.25, 0.3) is 6.08 Å². The summed E-state index contributed by atoms with van der Waals surface area (Å²) in [7, 11) is 0. The van der Waals surface area contributed by atoms with Gasteiger partial charge in [0.1, 0.15) is 0 Å². The van der Waals surface area contributed by atoms with Crippen LogP contribution in [0.2, 0.25) is 0 Å². The van der Waals surface area contributed by atoms with Crippen molar-refractivity contribution in [2.24, 2.45) is 0 Å². The molecule has 0 bridgehead atoms. The first-order chi connectivity index (χ1) is 10.0. The number of amides is 1. The third-order valence-electron chi connectivity index (χ3n) is 2.62. The number of carbonyl (C=O) groups is 1. The molecule has 0 radical (unpaired) electrons. The van der Waals surface area contributed by atoms with Crippen LogP contribution in [0.1, 0.15) is 25.8 Å². The highest BCUT2D eigenvalue weighted by molar-refractivity contribution is 5.92. The van der Waals surface area contributed by atoms with Gasteiger partial charge >= 0.3 is 0 Å². The first-order valence-corrected chi connectivity index (χ1v) is 6.81. The molecule has 1 aromatic carbocycles. The molecule has 0 saturated carbocycles. The van der Waals surface area contributed by atoms with Crippen LogP contribution in [0.5, 0.6) is 0 Å². The van der Waals surface area contributed by atoms with E-state index in [9.17, 15) is 14.9 Å². The number of hydrogen-bond donors (Lipinski definition) is 1. The molecule has 1 rings (SSSR count). The summed E-state index contributed by atoms with van der Waals surface area (Å²) in [6, 6.07) is 6.28. The molecule has 0 heterocycles. The fourth-order valence-corrected chi connectivity index (χ4v) is 1.62. The number of nitro benzene ring substituents is 1. The zero-order valence-electron chi connectivity index (χ0n) is 12.2. The summed E-state index contributed by atoms with van der Waals surface area (Å²) in [4.78, 5) is 21.9. The highest BCUT2D eigenvalue weighted by Crippen LogP contribution is 2.18. The van der Waals surface area contributed by atoms with Gasteiger partial charge in [-0.1, -0.05) is 12.1 Å². The van der Waals surface area contributed by atoms with Crippen molar-refractivity contribution in [1.82, 2.24) is 5.32 Å². The number of hydrogen-bond acceptors (Lipinski definition) is 4. The number of para-hydroxylation sites is 1. The van der Waals surface area contributed by atoms with Gasteiger partial charge in [-0.3, -0.25) is 14.9 Å². The van der Waals surface area contributed by atoms with Gasteiger partial charge in [-0.05, 0) is 32.4 Å². The number of ether oxygens (including phenoxy) is 1. The van der Waals surface area contributed by atoms with Gasteiger partial charge in [0.05, 0.1) is 16.6 Å². The summed E-state index contributed by atoms with van der Waals surface area (Å²) >= 11 is 0. The molecular weight excluding hydrogens is 272 g/mol. The molecule has 0 aliphatic rings. The molecule has 0 aromatic heterocycles. The van der Waals surface area contributed by atoms with E-state index in [1.165, 1.54) is 18.2 Å². The maximum atomic E-state index is 11.6. The van der Waals surface area contributed by atoms with E-state index < -0.39 is 4.92 Å². The van der Waals surface area contributed by atoms with E-state index in [2.05, 4.69) is 5.32 Å². The minimum atomic E-state index is -0.471. The molecule has 0 aliphatic carbocycles. The second kappa shape index (κ2) is 8.86. The van der Waals surface area contributed by atoms with Gasteiger partial charge in [0.2, 0.25) is 5.91 Å². The van der Waals surface area contributed by atoms with Crippen molar-refractivity contribution in [2.45, 2.75) is 26.4 Å². The Kier molecular flexibility index (Phi) is 7.11. The Labute approximate surface area is 124 Å². The third-order valence-corrected chi connectivity index (χ3v) is 2.62. The summed E-state index contributed by atoms with van der Waals surface area (Å²) in [6.07, 6.45) is 3.65. The lowest BCUT2D eigenvalue weighted by atomic mass is 10.1. The maximum absolute atomic E-state index is 11.6. The molecule has 0 atom stereocenters. The second-order valence-electron chi connectivity index (χ2n) is 4.71. The number of nitro groups is 1. The lowest BCUT2D eigenvalue weighted by Crippen LogP contribution is -2.23. The smallest absolute Gasteiger partial charge is 0.276 e. The number of carbonyl (C=O) groups excluding carboxylic acids is 1. The Bertz CT molecular complexity index is 512. The fraction of sp³-hybridized carbons (Fsp3) is 0.400. The Morgan fingerprint density at radius 3 is 2.81 bits per heavy atom. The van der Waals surface area contributed by atoms with Gasteiger partial charge in [0, 0.05) is 25.3 Å². The predicted octanol–water partition coefficient (Wildman–Crippen LogP) is 2.54. The van der Waals surface area contributed by atoms with E-state index >= 15 is 0 Å². The van der Waals surface area contributed by atoms with Gasteiger partial charge in [-0.25, -0.2) is 0 Å². The van der Waals surface area contributed by atoms with Crippen LogP contribution < -0.4 is 5.32 Å². The molecule has 1 amide bonds. The zero-order valence-corrected chi connectivity index (χ0v) is 12.2. The molecule has 6 heteroatoms. The molecule has 0 spiro atoms. The van der Waals surface area contributed by atoms with Crippen molar-refractivity contribution >= 4 is 17.7 Å². The number of benzene rings is 1. The van der Waals surface area contributed by atoms with Crippen molar-refractivity contribution in [3.63, 3.8) is 0 Å². The Hall–Kier alpha value is -2.21. The number of nitrogens with one attached hydrogen (secondary N) is 1. The average molecular weight is 292 g/mol. The molecule has 1 N–H and O–H groups in total. The van der Waals surface area contributed by atoms with E-state index in [0.717, 1.165) is 6.42 Å². The van der Waals surface area contributed by atoms with Gasteiger partial charge < -0.3 is 10.1 Å². The lowest BCUT2D eigenvalue weighted by molar-refractivity contribution is -0.385. The highest BCUT2D eigenvalue weighted by Gasteiger charge is 2.09. The van der Waals surface area contributed by atoms with Crippen molar-refractivity contribution in [1.29, 1.82) is 0 Å². The van der Waals surface area contributed by atoms with Crippen molar-refractivity contribution in [3.8, 4) is 0 Å². The fourth-order valence-electron chi connectivity index (χ4n) is 1.62. The van der Waals surface area contributed by atoms with Crippen LogP contribution in [0.4, 0.5) is 5.69 Å². The summed E-state index contributed by atoms with van der Waals surface area (Å²) < 4.78 is 5.35. The van der Waals surface area contributed by atoms with Crippen molar-refractivity contribution < 1.29 is 14.5 Å². The van der Waals surface area contributed by atoms with E-state index in [-0.39, 0.29) is 17.7 Å². The molecule has 114 valence electrons. The average Bonchev–Trinajstić information content (AvgIpc) is 2.44. The van der Waals surface area contributed by atoms with Gasteiger partial charge in [-0.2, -0.15) is 0 Å². The predicted molar refractivity (Wildman–Crippen MR) is 80.8 cm³/mol. The van der Waals surface area contributed by atoms with Crippen LogP contribution in [-0.4, -0.2) is 30.1 Å². The Morgan fingerprint density at radius 1 is 1.43 bits per heavy atom. The molecular formula is C15H20N2O4. The molecule has 0 saturated heterocycles. The van der Waals surface area contributed by atoms with Crippen LogP contribution in [0.3, 0.4) is 0 Å². The molecule has 6 nitrogen and oxygen atoms in total. The molecule has 0 unspecified atom stereocenters. The molecule has 21 heavy (non-hydrogen) atoms. The van der Waals surface area contributed by atoms with E-state index in [1.807, 2.05) is 13.8 Å². The van der Waals surface area contributed by atoms with Gasteiger partial charge in [0.15, 0.2) is 0 Å². The molecule has 1 aromatic rings. The SMILES string of the molecule is CC(C)OCCCNC(=O)/C=C/c1ccccc1[N+](=O)[O-]. The third kappa shape index (κ3) is 6.67. The normalized spacial score (nSPS) is 11.0. The van der Waals surface area contributed by atoms with Crippen molar-refractivity contribution in [3.05, 3.63) is 46.0 Å². The highest BCUT2D eigenvalue weighted by atomic mass is 16.6. The summed E-state index contributed by atoms with van der Waals surface area (Å²) in [5.41, 5.74) is 0.382. The minimum absolute atomic E-state index is 0.0214. The van der Waals surface area contributed by atoms with Crippen molar-refractivity contribution in [2.75, 3.05) is 13.2 Å². The summed E-state index contributed by atoms with van der Waals surface area (Å²) in [6.45, 7) is 5.00. The number of rotatable bonds is 8. The minimum Gasteiger partial charge on any atom is -0.379 e. The standard InChI is InChI=1S/C15H20N2O4/c1-12(2)21-11-5-10-16-15(18)9-8-13-6-3-4-7-14(13)17(19)20/h3-4,6-9,12H,5,10-11H2,1-2H3,(H,16,18)/b9-8+. The van der Waals surface area contributed by atoms with E-state index in [4.69, 9.17) is 4.74 Å². The molecule has 0 fully saturated rings. The first kappa shape index (κ1) is 16.8. The monoisotopic (exact) mass is 292 g/mol. The lowest BCUT2D eigenvalue weighted by Gasteiger charge is -2.07. The topological polar surface area (TPSA) is 81.5 Å². The van der Waals surface area contributed by atoms with Crippen LogP contribution in [-0.2, 0) is 9.53 Å². The zero-order chi connectivity index (χ0) is 15.7. The second-order valence-corrected chi connectivity index (χ2v) is 4.71. The first-order valence-electron chi connectivity index (χ1n) is 6.81. The number of nitrogens with zero attached hydrogens (tertiary/aromatic N) is 1. The maximum Gasteiger partial charge on any atom is 0.276 e. The Balaban J connectivity index is 2.42. The summed E-state index contributed by atoms with van der Waals surface area (Å²) in [5, 5.41) is 13.5. The van der Waals surface area contributed by atoms with E-state index in [0.29, 0.717) is 18.7 Å².